The van der Waals surface area contributed by atoms with Crippen molar-refractivity contribution in [3.63, 3.8) is 0 Å². The lowest BCUT2D eigenvalue weighted by Crippen LogP contribution is -2.11. The van der Waals surface area contributed by atoms with Gasteiger partial charge in [-0.15, -0.1) is 0 Å². The van der Waals surface area contributed by atoms with Crippen LogP contribution in [-0.2, 0) is 10.0 Å². The smallest absolute Gasteiger partial charge is 0.225 e. The first-order valence-electron chi connectivity index (χ1n) is 8.38. The van der Waals surface area contributed by atoms with Crippen LogP contribution in [0, 0.1) is 5.41 Å². The maximum Gasteiger partial charge on any atom is 0.238 e. The summed E-state index contributed by atoms with van der Waals surface area (Å²) in [5, 5.41) is 9.84. The van der Waals surface area contributed by atoms with E-state index in [-0.39, 0.29) is 22.1 Å². The molecule has 134 valence electrons. The second-order valence-corrected chi connectivity index (χ2v) is 8.84. The molecule has 0 spiro atoms. The van der Waals surface area contributed by atoms with E-state index in [4.69, 9.17) is 5.14 Å². The fraction of sp³-hybridized carbons (Fsp3) is 0.263. The Balaban J connectivity index is 1.62. The minimum absolute atomic E-state index is 0.00593. The molecule has 2 aromatic carbocycles. The van der Waals surface area contributed by atoms with E-state index in [1.165, 1.54) is 0 Å². The van der Waals surface area contributed by atoms with Crippen LogP contribution in [0.25, 0.3) is 5.69 Å². The third-order valence-corrected chi connectivity index (χ3v) is 6.13. The molecule has 26 heavy (non-hydrogen) atoms. The van der Waals surface area contributed by atoms with E-state index >= 15 is 0 Å². The molecule has 1 fully saturated rings. The summed E-state index contributed by atoms with van der Waals surface area (Å²) in [5.74, 6) is 1.23. The van der Waals surface area contributed by atoms with E-state index in [0.29, 0.717) is 0 Å². The standard InChI is InChI=1S/C19H20N4O2S/c1-19(2)16(13-8-10-15(11-9-13)26(20,24)25)17(19)18-21-12-23(22-18)14-6-4-3-5-7-14/h3-12,16-17H,1-2H3,(H2,20,24,25)/t16-,17+/m1/s1. The van der Waals surface area contributed by atoms with Gasteiger partial charge in [-0.05, 0) is 35.2 Å². The molecule has 1 aliphatic rings. The van der Waals surface area contributed by atoms with Gasteiger partial charge in [0.2, 0.25) is 10.0 Å². The van der Waals surface area contributed by atoms with Gasteiger partial charge >= 0.3 is 0 Å². The summed E-state index contributed by atoms with van der Waals surface area (Å²) in [5.41, 5.74) is 2.05. The monoisotopic (exact) mass is 368 g/mol. The van der Waals surface area contributed by atoms with Crippen molar-refractivity contribution in [2.24, 2.45) is 10.6 Å². The summed E-state index contributed by atoms with van der Waals surface area (Å²) >= 11 is 0. The van der Waals surface area contributed by atoms with Crippen LogP contribution in [-0.4, -0.2) is 23.2 Å². The molecule has 1 aromatic heterocycles. The average molecular weight is 368 g/mol. The molecule has 1 saturated carbocycles. The van der Waals surface area contributed by atoms with Gasteiger partial charge < -0.3 is 0 Å². The van der Waals surface area contributed by atoms with E-state index in [9.17, 15) is 8.42 Å². The third kappa shape index (κ3) is 2.83. The molecule has 0 amide bonds. The first-order chi connectivity index (χ1) is 12.3. The van der Waals surface area contributed by atoms with Crippen LogP contribution >= 0.6 is 0 Å². The number of sulfonamides is 1. The van der Waals surface area contributed by atoms with Crippen molar-refractivity contribution in [3.8, 4) is 5.69 Å². The van der Waals surface area contributed by atoms with E-state index < -0.39 is 10.0 Å². The minimum Gasteiger partial charge on any atom is -0.225 e. The molecule has 1 aliphatic carbocycles. The van der Waals surface area contributed by atoms with E-state index in [1.54, 1.807) is 23.1 Å². The Labute approximate surface area is 152 Å². The Morgan fingerprint density at radius 3 is 2.27 bits per heavy atom. The molecule has 6 nitrogen and oxygen atoms in total. The molecule has 3 aromatic rings. The summed E-state index contributed by atoms with van der Waals surface area (Å²) in [6, 6.07) is 16.7. The van der Waals surface area contributed by atoms with Crippen LogP contribution in [0.3, 0.4) is 0 Å². The van der Waals surface area contributed by atoms with Gasteiger partial charge in [-0.2, -0.15) is 5.10 Å². The maximum atomic E-state index is 11.4. The number of nitrogens with zero attached hydrogens (tertiary/aromatic N) is 3. The number of nitrogens with two attached hydrogens (primary N) is 1. The Bertz CT molecular complexity index is 1040. The SMILES string of the molecule is CC1(C)[C@H](c2ccc(S(N)(=O)=O)cc2)[C@H]1c1ncn(-c2ccccc2)n1. The summed E-state index contributed by atoms with van der Waals surface area (Å²) in [6.45, 7) is 4.36. The highest BCUT2D eigenvalue weighted by Gasteiger charge is 2.60. The lowest BCUT2D eigenvalue weighted by Gasteiger charge is -2.04. The quantitative estimate of drug-likeness (QED) is 0.766. The normalized spacial score (nSPS) is 21.5. The maximum absolute atomic E-state index is 11.4. The zero-order chi connectivity index (χ0) is 18.5. The van der Waals surface area contributed by atoms with Gasteiger partial charge in [0, 0.05) is 11.8 Å². The summed E-state index contributed by atoms with van der Waals surface area (Å²) < 4.78 is 24.7. The summed E-state index contributed by atoms with van der Waals surface area (Å²) in [4.78, 5) is 4.65. The van der Waals surface area contributed by atoms with Crippen LogP contribution < -0.4 is 5.14 Å². The zero-order valence-electron chi connectivity index (χ0n) is 14.6. The Morgan fingerprint density at radius 2 is 1.65 bits per heavy atom. The Morgan fingerprint density at radius 1 is 1.00 bits per heavy atom. The minimum atomic E-state index is -3.67. The van der Waals surface area contributed by atoms with E-state index in [1.807, 2.05) is 42.5 Å². The molecule has 1 heterocycles. The second-order valence-electron chi connectivity index (χ2n) is 7.27. The van der Waals surface area contributed by atoms with Crippen LogP contribution in [0.15, 0.2) is 65.8 Å². The van der Waals surface area contributed by atoms with Crippen molar-refractivity contribution in [2.75, 3.05) is 0 Å². The number of benzene rings is 2. The number of primary sulfonamides is 1. The number of aromatic nitrogens is 3. The zero-order valence-corrected chi connectivity index (χ0v) is 15.4. The number of hydrogen-bond acceptors (Lipinski definition) is 4. The molecule has 2 atom stereocenters. The van der Waals surface area contributed by atoms with Gasteiger partial charge in [-0.25, -0.2) is 23.2 Å². The highest BCUT2D eigenvalue weighted by Crippen LogP contribution is 2.69. The highest BCUT2D eigenvalue weighted by molar-refractivity contribution is 7.89. The molecule has 0 bridgehead atoms. The molecule has 0 radical (unpaired) electrons. The predicted octanol–water partition coefficient (Wildman–Crippen LogP) is 2.82. The lowest BCUT2D eigenvalue weighted by molar-refractivity contribution is 0.591. The lowest BCUT2D eigenvalue weighted by atomic mass is 10.0. The van der Waals surface area contributed by atoms with E-state index in [2.05, 4.69) is 23.9 Å². The molecular weight excluding hydrogens is 348 g/mol. The fourth-order valence-corrected chi connectivity index (χ4v) is 4.25. The third-order valence-electron chi connectivity index (χ3n) is 5.20. The van der Waals surface area contributed by atoms with Crippen LogP contribution in [0.2, 0.25) is 0 Å². The molecule has 0 saturated heterocycles. The van der Waals surface area contributed by atoms with Gasteiger partial charge in [0.05, 0.1) is 10.6 Å². The van der Waals surface area contributed by atoms with Crippen LogP contribution in [0.5, 0.6) is 0 Å². The van der Waals surface area contributed by atoms with E-state index in [0.717, 1.165) is 17.1 Å². The van der Waals surface area contributed by atoms with Crippen molar-refractivity contribution < 1.29 is 8.42 Å². The summed E-state index contributed by atoms with van der Waals surface area (Å²) in [6.07, 6.45) is 1.74. The van der Waals surface area contributed by atoms with Crippen molar-refractivity contribution in [1.82, 2.24) is 14.8 Å². The van der Waals surface area contributed by atoms with Gasteiger partial charge in [0.15, 0.2) is 5.82 Å². The van der Waals surface area contributed by atoms with Gasteiger partial charge in [0.1, 0.15) is 6.33 Å². The van der Waals surface area contributed by atoms with Crippen molar-refractivity contribution >= 4 is 10.0 Å². The number of rotatable bonds is 4. The van der Waals surface area contributed by atoms with Crippen molar-refractivity contribution in [3.05, 3.63) is 72.3 Å². The molecule has 4 rings (SSSR count). The largest absolute Gasteiger partial charge is 0.238 e. The first kappa shape index (κ1) is 16.9. The molecule has 2 N–H and O–H groups in total. The van der Waals surface area contributed by atoms with Crippen molar-refractivity contribution in [2.45, 2.75) is 30.6 Å². The summed E-state index contributed by atoms with van der Waals surface area (Å²) in [7, 11) is -3.67. The van der Waals surface area contributed by atoms with Gasteiger partial charge in [0.25, 0.3) is 0 Å². The fourth-order valence-electron chi connectivity index (χ4n) is 3.73. The Kier molecular flexibility index (Phi) is 3.75. The van der Waals surface area contributed by atoms with Crippen LogP contribution in [0.1, 0.15) is 37.1 Å². The number of para-hydroxylation sites is 1. The topological polar surface area (TPSA) is 90.9 Å². The molecule has 0 aliphatic heterocycles. The molecular formula is C19H20N4O2S. The average Bonchev–Trinajstić information content (AvgIpc) is 2.95. The Hall–Kier alpha value is -2.51. The van der Waals surface area contributed by atoms with Gasteiger partial charge in [-0.1, -0.05) is 44.2 Å². The molecule has 0 unspecified atom stereocenters. The first-order valence-corrected chi connectivity index (χ1v) is 9.93. The van der Waals surface area contributed by atoms with Crippen LogP contribution in [0.4, 0.5) is 0 Å². The molecule has 7 heteroatoms. The van der Waals surface area contributed by atoms with Gasteiger partial charge in [-0.3, -0.25) is 0 Å². The predicted molar refractivity (Wildman–Crippen MR) is 98.4 cm³/mol. The van der Waals surface area contributed by atoms with Crippen molar-refractivity contribution in [1.29, 1.82) is 0 Å². The highest BCUT2D eigenvalue weighted by atomic mass is 32.2. The number of hydrogen-bond donors (Lipinski definition) is 1. The second kappa shape index (κ2) is 5.75.